The Hall–Kier alpha value is -2.00. The highest BCUT2D eigenvalue weighted by atomic mass is 35.5. The minimum atomic E-state index is -0.335. The van der Waals surface area contributed by atoms with Crippen LogP contribution < -0.4 is 5.32 Å². The molecule has 0 fully saturated rings. The monoisotopic (exact) mass is 288 g/mol. The quantitative estimate of drug-likeness (QED) is 0.746. The van der Waals surface area contributed by atoms with Crippen LogP contribution in [0.4, 0.5) is 10.1 Å². The maximum Gasteiger partial charge on any atom is 0.147 e. The number of aromatic nitrogens is 1. The van der Waals surface area contributed by atoms with Gasteiger partial charge in [-0.25, -0.2) is 4.39 Å². The average molecular weight is 289 g/mol. The predicted molar refractivity (Wildman–Crippen MR) is 81.7 cm³/mol. The molecule has 0 atom stereocenters. The maximum atomic E-state index is 13.7. The Kier molecular flexibility index (Phi) is 3.36. The number of halogens is 2. The molecule has 1 heterocycles. The Balaban J connectivity index is 1.87. The first-order chi connectivity index (χ1) is 9.65. The highest BCUT2D eigenvalue weighted by Crippen LogP contribution is 2.23. The number of benzene rings is 2. The first-order valence-electron chi connectivity index (χ1n) is 6.37. The lowest BCUT2D eigenvalue weighted by Crippen LogP contribution is -2.00. The van der Waals surface area contributed by atoms with Gasteiger partial charge in [-0.3, -0.25) is 0 Å². The molecule has 3 aromatic rings. The van der Waals surface area contributed by atoms with Crippen LogP contribution in [0.2, 0.25) is 5.02 Å². The van der Waals surface area contributed by atoms with Crippen LogP contribution in [-0.4, -0.2) is 4.57 Å². The third-order valence-electron chi connectivity index (χ3n) is 3.38. The van der Waals surface area contributed by atoms with E-state index in [4.69, 9.17) is 11.6 Å². The van der Waals surface area contributed by atoms with Crippen LogP contribution in [0.3, 0.4) is 0 Å². The minimum Gasteiger partial charge on any atom is -0.379 e. The third kappa shape index (κ3) is 2.37. The fourth-order valence-corrected chi connectivity index (χ4v) is 2.55. The highest BCUT2D eigenvalue weighted by molar-refractivity contribution is 6.30. The molecular formula is C16H14ClFN2. The van der Waals surface area contributed by atoms with E-state index in [0.717, 1.165) is 5.56 Å². The van der Waals surface area contributed by atoms with Crippen LogP contribution in [0.15, 0.2) is 48.7 Å². The van der Waals surface area contributed by atoms with Crippen LogP contribution in [-0.2, 0) is 13.6 Å². The van der Waals surface area contributed by atoms with Crippen molar-refractivity contribution >= 4 is 28.2 Å². The van der Waals surface area contributed by atoms with Gasteiger partial charge in [0.1, 0.15) is 5.82 Å². The SMILES string of the molecule is Cn1cc(CNc2ccc(Cl)cc2F)c2ccccc21. The van der Waals surface area contributed by atoms with Gasteiger partial charge in [0, 0.05) is 35.7 Å². The van der Waals surface area contributed by atoms with Gasteiger partial charge in [0.05, 0.1) is 5.69 Å². The van der Waals surface area contributed by atoms with Crippen LogP contribution in [0.1, 0.15) is 5.56 Å². The Labute approximate surface area is 121 Å². The number of nitrogens with zero attached hydrogens (tertiary/aromatic N) is 1. The molecule has 0 aliphatic carbocycles. The molecule has 1 aromatic heterocycles. The molecule has 20 heavy (non-hydrogen) atoms. The summed E-state index contributed by atoms with van der Waals surface area (Å²) < 4.78 is 15.8. The van der Waals surface area contributed by atoms with Crippen molar-refractivity contribution in [3.63, 3.8) is 0 Å². The van der Waals surface area contributed by atoms with Gasteiger partial charge < -0.3 is 9.88 Å². The molecule has 0 unspecified atom stereocenters. The Morgan fingerprint density at radius 1 is 1.20 bits per heavy atom. The Morgan fingerprint density at radius 2 is 2.00 bits per heavy atom. The molecule has 0 bridgehead atoms. The van der Waals surface area contributed by atoms with E-state index in [1.54, 1.807) is 12.1 Å². The lowest BCUT2D eigenvalue weighted by Gasteiger charge is -2.07. The summed E-state index contributed by atoms with van der Waals surface area (Å²) in [5.74, 6) is -0.335. The number of hydrogen-bond acceptors (Lipinski definition) is 1. The summed E-state index contributed by atoms with van der Waals surface area (Å²) in [5, 5.41) is 4.69. The fraction of sp³-hybridized carbons (Fsp3) is 0.125. The van der Waals surface area contributed by atoms with E-state index in [1.165, 1.54) is 17.0 Å². The molecule has 2 aromatic carbocycles. The Morgan fingerprint density at radius 3 is 2.80 bits per heavy atom. The van der Waals surface area contributed by atoms with Crippen LogP contribution in [0, 0.1) is 5.82 Å². The summed E-state index contributed by atoms with van der Waals surface area (Å²) in [6.45, 7) is 0.569. The van der Waals surface area contributed by atoms with Gasteiger partial charge in [-0.2, -0.15) is 0 Å². The summed E-state index contributed by atoms with van der Waals surface area (Å²) in [5.41, 5.74) is 2.76. The molecule has 0 aliphatic heterocycles. The van der Waals surface area contributed by atoms with Crippen molar-refractivity contribution in [1.29, 1.82) is 0 Å². The number of nitrogens with one attached hydrogen (secondary N) is 1. The standard InChI is InChI=1S/C16H14ClFN2/c1-20-10-11(13-4-2-3-5-16(13)20)9-19-15-7-6-12(17)8-14(15)18/h2-8,10,19H,9H2,1H3. The van der Waals surface area contributed by atoms with Crippen LogP contribution in [0.25, 0.3) is 10.9 Å². The van der Waals surface area contributed by atoms with Gasteiger partial charge in [0.25, 0.3) is 0 Å². The predicted octanol–water partition coefficient (Wildman–Crippen LogP) is 4.58. The molecule has 0 aliphatic rings. The van der Waals surface area contributed by atoms with Gasteiger partial charge in [-0.05, 0) is 29.8 Å². The first kappa shape index (κ1) is 13.0. The van der Waals surface area contributed by atoms with Gasteiger partial charge in [-0.1, -0.05) is 29.8 Å². The summed E-state index contributed by atoms with van der Waals surface area (Å²) in [7, 11) is 2.01. The zero-order chi connectivity index (χ0) is 14.1. The number of anilines is 1. The third-order valence-corrected chi connectivity index (χ3v) is 3.61. The van der Waals surface area contributed by atoms with Gasteiger partial charge >= 0.3 is 0 Å². The number of fused-ring (bicyclic) bond motifs is 1. The molecule has 102 valence electrons. The maximum absolute atomic E-state index is 13.7. The number of aryl methyl sites for hydroxylation is 1. The van der Waals surface area contributed by atoms with E-state index >= 15 is 0 Å². The second-order valence-corrected chi connectivity index (χ2v) is 5.20. The number of hydrogen-bond donors (Lipinski definition) is 1. The fourth-order valence-electron chi connectivity index (χ4n) is 2.39. The molecule has 2 nitrogen and oxygen atoms in total. The van der Waals surface area contributed by atoms with Gasteiger partial charge in [-0.15, -0.1) is 0 Å². The van der Waals surface area contributed by atoms with E-state index in [9.17, 15) is 4.39 Å². The molecule has 0 radical (unpaired) electrons. The van der Waals surface area contributed by atoms with Crippen molar-refractivity contribution in [2.75, 3.05) is 5.32 Å². The van der Waals surface area contributed by atoms with E-state index in [-0.39, 0.29) is 5.82 Å². The molecule has 0 saturated heterocycles. The molecule has 0 amide bonds. The van der Waals surface area contributed by atoms with Crippen molar-refractivity contribution in [2.24, 2.45) is 7.05 Å². The molecule has 0 spiro atoms. The van der Waals surface area contributed by atoms with Crippen molar-refractivity contribution < 1.29 is 4.39 Å². The number of para-hydroxylation sites is 1. The second-order valence-electron chi connectivity index (χ2n) is 4.76. The second kappa shape index (κ2) is 5.17. The zero-order valence-electron chi connectivity index (χ0n) is 11.0. The normalized spacial score (nSPS) is 10.9. The summed E-state index contributed by atoms with van der Waals surface area (Å²) in [4.78, 5) is 0. The van der Waals surface area contributed by atoms with Crippen molar-refractivity contribution in [1.82, 2.24) is 4.57 Å². The largest absolute Gasteiger partial charge is 0.379 e. The minimum absolute atomic E-state index is 0.335. The number of rotatable bonds is 3. The molecular weight excluding hydrogens is 275 g/mol. The van der Waals surface area contributed by atoms with Crippen molar-refractivity contribution in [3.05, 3.63) is 65.1 Å². The van der Waals surface area contributed by atoms with E-state index in [0.29, 0.717) is 17.3 Å². The van der Waals surface area contributed by atoms with Gasteiger partial charge in [0.2, 0.25) is 0 Å². The lowest BCUT2D eigenvalue weighted by atomic mass is 10.2. The molecule has 4 heteroatoms. The molecule has 1 N–H and O–H groups in total. The molecule has 3 rings (SSSR count). The summed E-state index contributed by atoms with van der Waals surface area (Å²) in [6, 6.07) is 12.8. The summed E-state index contributed by atoms with van der Waals surface area (Å²) in [6.07, 6.45) is 2.06. The van der Waals surface area contributed by atoms with Crippen LogP contribution in [0.5, 0.6) is 0 Å². The smallest absolute Gasteiger partial charge is 0.147 e. The van der Waals surface area contributed by atoms with Crippen molar-refractivity contribution in [2.45, 2.75) is 6.54 Å². The van der Waals surface area contributed by atoms with Gasteiger partial charge in [0.15, 0.2) is 0 Å². The van der Waals surface area contributed by atoms with E-state index in [2.05, 4.69) is 28.2 Å². The van der Waals surface area contributed by atoms with Crippen molar-refractivity contribution in [3.8, 4) is 0 Å². The van der Waals surface area contributed by atoms with Crippen LogP contribution >= 0.6 is 11.6 Å². The average Bonchev–Trinajstić information content (AvgIpc) is 2.75. The molecule has 0 saturated carbocycles. The summed E-state index contributed by atoms with van der Waals surface area (Å²) >= 11 is 5.74. The highest BCUT2D eigenvalue weighted by Gasteiger charge is 2.07. The zero-order valence-corrected chi connectivity index (χ0v) is 11.8. The first-order valence-corrected chi connectivity index (χ1v) is 6.75. The topological polar surface area (TPSA) is 17.0 Å². The van der Waals surface area contributed by atoms with E-state index in [1.807, 2.05) is 19.2 Å². The van der Waals surface area contributed by atoms with E-state index < -0.39 is 0 Å². The Bertz CT molecular complexity index is 764. The lowest BCUT2D eigenvalue weighted by molar-refractivity contribution is 0.630.